The second-order valence-corrected chi connectivity index (χ2v) is 6.80. The molecule has 0 heterocycles. The second-order valence-electron chi connectivity index (χ2n) is 6.80. The molecule has 21 heavy (non-hydrogen) atoms. The molecule has 2 aromatic rings. The van der Waals surface area contributed by atoms with E-state index in [1.54, 1.807) is 0 Å². The Kier molecular flexibility index (Phi) is 4.38. The molecule has 0 saturated heterocycles. The van der Waals surface area contributed by atoms with Gasteiger partial charge in [-0.25, -0.2) is 0 Å². The van der Waals surface area contributed by atoms with Gasteiger partial charge in [0.25, 0.3) is 0 Å². The third-order valence-electron chi connectivity index (χ3n) is 3.79. The van der Waals surface area contributed by atoms with Crippen LogP contribution in [-0.2, 0) is 11.8 Å². The van der Waals surface area contributed by atoms with Crippen molar-refractivity contribution < 1.29 is 5.11 Å². The number of benzene rings is 2. The lowest BCUT2D eigenvalue weighted by atomic mass is 9.82. The van der Waals surface area contributed by atoms with Crippen LogP contribution in [0.15, 0.2) is 42.5 Å². The number of nitrogens with two attached hydrogens (primary N) is 1. The average Bonchev–Trinajstić information content (AvgIpc) is 2.40. The first-order valence-corrected chi connectivity index (χ1v) is 7.42. The molecule has 0 fully saturated rings. The molecule has 0 spiro atoms. The van der Waals surface area contributed by atoms with E-state index in [-0.39, 0.29) is 11.5 Å². The molecule has 0 aliphatic heterocycles. The molecule has 0 radical (unpaired) electrons. The van der Waals surface area contributed by atoms with Gasteiger partial charge in [-0.05, 0) is 29.9 Å². The summed E-state index contributed by atoms with van der Waals surface area (Å²) in [6.07, 6.45) is 0.724. The van der Waals surface area contributed by atoms with Crippen LogP contribution >= 0.6 is 0 Å². The van der Waals surface area contributed by atoms with Gasteiger partial charge >= 0.3 is 0 Å². The smallest absolute Gasteiger partial charge is 0.124 e. The number of rotatable bonds is 3. The minimum atomic E-state index is -0.201. The van der Waals surface area contributed by atoms with Crippen LogP contribution in [0.25, 0.3) is 0 Å². The topological polar surface area (TPSA) is 46.2 Å². The van der Waals surface area contributed by atoms with Crippen molar-refractivity contribution in [3.05, 3.63) is 64.7 Å². The van der Waals surface area contributed by atoms with Gasteiger partial charge in [-0.3, -0.25) is 0 Å². The second kappa shape index (κ2) is 5.90. The first-order chi connectivity index (χ1) is 9.79. The molecular weight excluding hydrogens is 258 g/mol. The number of aromatic hydroxyl groups is 1. The molecule has 1 atom stereocenters. The predicted molar refractivity (Wildman–Crippen MR) is 88.6 cm³/mol. The lowest BCUT2D eigenvalue weighted by Gasteiger charge is -2.25. The minimum Gasteiger partial charge on any atom is -0.507 e. The third kappa shape index (κ3) is 3.64. The van der Waals surface area contributed by atoms with Crippen LogP contribution in [0.2, 0.25) is 0 Å². The summed E-state index contributed by atoms with van der Waals surface area (Å²) < 4.78 is 0. The highest BCUT2D eigenvalue weighted by Gasteiger charge is 2.23. The molecule has 3 N–H and O–H groups in total. The van der Waals surface area contributed by atoms with Gasteiger partial charge < -0.3 is 10.8 Å². The molecule has 0 unspecified atom stereocenters. The molecule has 0 aromatic heterocycles. The summed E-state index contributed by atoms with van der Waals surface area (Å²) in [6, 6.07) is 14.0. The van der Waals surface area contributed by atoms with E-state index in [1.807, 2.05) is 37.3 Å². The number of aryl methyl sites for hydroxylation is 1. The van der Waals surface area contributed by atoms with E-state index in [1.165, 1.54) is 5.56 Å². The molecule has 0 bridgehead atoms. The first kappa shape index (κ1) is 15.6. The molecular formula is C19H25NO. The van der Waals surface area contributed by atoms with E-state index in [9.17, 15) is 5.11 Å². The van der Waals surface area contributed by atoms with Crippen LogP contribution in [0.5, 0.6) is 5.75 Å². The van der Waals surface area contributed by atoms with E-state index in [0.717, 1.165) is 23.1 Å². The van der Waals surface area contributed by atoms with Crippen LogP contribution in [-0.4, -0.2) is 5.11 Å². The molecule has 0 aliphatic carbocycles. The predicted octanol–water partition coefficient (Wildman–Crippen LogP) is 4.24. The van der Waals surface area contributed by atoms with Gasteiger partial charge in [0.2, 0.25) is 0 Å². The van der Waals surface area contributed by atoms with Crippen LogP contribution in [0.3, 0.4) is 0 Å². The summed E-state index contributed by atoms with van der Waals surface area (Å²) in [6.45, 7) is 8.36. The SMILES string of the molecule is Cc1cc([C@H](N)Cc2ccccc2)c(O)c(C(C)(C)C)c1. The van der Waals surface area contributed by atoms with Crippen molar-refractivity contribution in [2.24, 2.45) is 5.73 Å². The zero-order chi connectivity index (χ0) is 15.6. The summed E-state index contributed by atoms with van der Waals surface area (Å²) >= 11 is 0. The van der Waals surface area contributed by atoms with Crippen molar-refractivity contribution in [1.29, 1.82) is 0 Å². The Morgan fingerprint density at radius 3 is 2.29 bits per heavy atom. The van der Waals surface area contributed by atoms with Crippen molar-refractivity contribution >= 4 is 0 Å². The normalized spacial score (nSPS) is 13.2. The Morgan fingerprint density at radius 1 is 1.10 bits per heavy atom. The standard InChI is InChI=1S/C19H25NO/c1-13-10-15(18(21)16(11-13)19(2,3)4)17(20)12-14-8-6-5-7-9-14/h5-11,17,21H,12,20H2,1-4H3/t17-/m1/s1. The van der Waals surface area contributed by atoms with Gasteiger partial charge in [-0.1, -0.05) is 68.8 Å². The van der Waals surface area contributed by atoms with Gasteiger partial charge in [-0.15, -0.1) is 0 Å². The van der Waals surface area contributed by atoms with Crippen molar-refractivity contribution in [3.8, 4) is 5.75 Å². The molecule has 0 aliphatic rings. The van der Waals surface area contributed by atoms with E-state index in [2.05, 4.69) is 32.9 Å². The Morgan fingerprint density at radius 2 is 1.71 bits per heavy atom. The summed E-state index contributed by atoms with van der Waals surface area (Å²) in [5, 5.41) is 10.6. The number of phenolic OH excluding ortho intramolecular Hbond substituents is 1. The van der Waals surface area contributed by atoms with Crippen LogP contribution in [0.4, 0.5) is 0 Å². The lowest BCUT2D eigenvalue weighted by molar-refractivity contribution is 0.434. The lowest BCUT2D eigenvalue weighted by Crippen LogP contribution is -2.17. The van der Waals surface area contributed by atoms with Crippen molar-refractivity contribution in [2.75, 3.05) is 0 Å². The fourth-order valence-corrected chi connectivity index (χ4v) is 2.64. The summed E-state index contributed by atoms with van der Waals surface area (Å²) in [5.41, 5.74) is 10.4. The molecule has 112 valence electrons. The number of phenols is 1. The van der Waals surface area contributed by atoms with Gasteiger partial charge in [0.05, 0.1) is 0 Å². The van der Waals surface area contributed by atoms with Gasteiger partial charge in [-0.2, -0.15) is 0 Å². The summed E-state index contributed by atoms with van der Waals surface area (Å²) in [5.74, 6) is 0.344. The zero-order valence-electron chi connectivity index (χ0n) is 13.4. The van der Waals surface area contributed by atoms with Gasteiger partial charge in [0, 0.05) is 11.6 Å². The minimum absolute atomic E-state index is 0.0999. The summed E-state index contributed by atoms with van der Waals surface area (Å²) in [4.78, 5) is 0. The highest BCUT2D eigenvalue weighted by atomic mass is 16.3. The Labute approximate surface area is 127 Å². The number of hydrogen-bond donors (Lipinski definition) is 2. The maximum absolute atomic E-state index is 10.6. The summed E-state index contributed by atoms with van der Waals surface area (Å²) in [7, 11) is 0. The molecule has 2 aromatic carbocycles. The quantitative estimate of drug-likeness (QED) is 0.885. The Balaban J connectivity index is 2.37. The Hall–Kier alpha value is -1.80. The largest absolute Gasteiger partial charge is 0.507 e. The third-order valence-corrected chi connectivity index (χ3v) is 3.79. The van der Waals surface area contributed by atoms with E-state index >= 15 is 0 Å². The van der Waals surface area contributed by atoms with Crippen molar-refractivity contribution in [1.82, 2.24) is 0 Å². The van der Waals surface area contributed by atoms with Crippen LogP contribution in [0, 0.1) is 6.92 Å². The molecule has 2 rings (SSSR count). The molecule has 2 heteroatoms. The van der Waals surface area contributed by atoms with Crippen molar-refractivity contribution in [3.63, 3.8) is 0 Å². The highest BCUT2D eigenvalue weighted by Crippen LogP contribution is 2.37. The van der Waals surface area contributed by atoms with E-state index in [0.29, 0.717) is 5.75 Å². The maximum Gasteiger partial charge on any atom is 0.124 e. The molecule has 0 amide bonds. The number of hydrogen-bond acceptors (Lipinski definition) is 2. The van der Waals surface area contributed by atoms with Crippen LogP contribution < -0.4 is 5.73 Å². The van der Waals surface area contributed by atoms with Crippen molar-refractivity contribution in [2.45, 2.75) is 45.6 Å². The highest BCUT2D eigenvalue weighted by molar-refractivity contribution is 5.48. The molecule has 2 nitrogen and oxygen atoms in total. The fourth-order valence-electron chi connectivity index (χ4n) is 2.64. The van der Waals surface area contributed by atoms with Gasteiger partial charge in [0.1, 0.15) is 5.75 Å². The van der Waals surface area contributed by atoms with Crippen LogP contribution in [0.1, 0.15) is 49.1 Å². The van der Waals surface area contributed by atoms with Gasteiger partial charge in [0.15, 0.2) is 0 Å². The zero-order valence-corrected chi connectivity index (χ0v) is 13.4. The fraction of sp³-hybridized carbons (Fsp3) is 0.368. The molecule has 0 saturated carbocycles. The Bertz CT molecular complexity index is 611. The average molecular weight is 283 g/mol. The maximum atomic E-state index is 10.6. The van der Waals surface area contributed by atoms with E-state index < -0.39 is 0 Å². The van der Waals surface area contributed by atoms with E-state index in [4.69, 9.17) is 5.73 Å². The first-order valence-electron chi connectivity index (χ1n) is 7.42. The monoisotopic (exact) mass is 283 g/mol.